The van der Waals surface area contributed by atoms with Crippen molar-refractivity contribution in [3.63, 3.8) is 0 Å². The molecular weight excluding hydrogens is 436 g/mol. The molecule has 1 heterocycles. The molecule has 4 rings (SSSR count). The lowest BCUT2D eigenvalue weighted by atomic mass is 10.0. The van der Waals surface area contributed by atoms with E-state index in [2.05, 4.69) is 20.6 Å². The summed E-state index contributed by atoms with van der Waals surface area (Å²) in [6, 6.07) is 22.7. The van der Waals surface area contributed by atoms with Crippen molar-refractivity contribution in [1.82, 2.24) is 20.6 Å². The summed E-state index contributed by atoms with van der Waals surface area (Å²) in [5.74, 6) is -2.27. The van der Waals surface area contributed by atoms with Crippen molar-refractivity contribution >= 4 is 22.8 Å². The van der Waals surface area contributed by atoms with Crippen LogP contribution in [0.15, 0.2) is 72.8 Å². The molecule has 0 aliphatic rings. The summed E-state index contributed by atoms with van der Waals surface area (Å²) < 4.78 is 5.11. The second kappa shape index (κ2) is 10.3. The number of ether oxygens (including phenoxy) is 1. The first-order valence-electron chi connectivity index (χ1n) is 10.5. The number of aromatic hydroxyl groups is 2. The Morgan fingerprint density at radius 1 is 0.824 bits per heavy atom. The van der Waals surface area contributed by atoms with Crippen molar-refractivity contribution in [2.75, 3.05) is 0 Å². The van der Waals surface area contributed by atoms with Gasteiger partial charge in [-0.2, -0.15) is 4.98 Å². The molecule has 4 N–H and O–H groups in total. The first-order valence-corrected chi connectivity index (χ1v) is 10.5. The minimum absolute atomic E-state index is 0.0673. The summed E-state index contributed by atoms with van der Waals surface area (Å²) in [5.41, 5.74) is 1.30. The maximum Gasteiger partial charge on any atom is 0.407 e. The average Bonchev–Trinajstić information content (AvgIpc) is 2.87. The van der Waals surface area contributed by atoms with Crippen LogP contribution < -0.4 is 10.6 Å². The van der Waals surface area contributed by atoms with Gasteiger partial charge in [0.2, 0.25) is 5.75 Å². The number of amides is 2. The molecule has 0 aliphatic carbocycles. The number of carbonyl (C=O) groups excluding carboxylic acids is 2. The Balaban J connectivity index is 1.39. The molecule has 0 saturated heterocycles. The van der Waals surface area contributed by atoms with Gasteiger partial charge in [0.05, 0.1) is 6.54 Å². The van der Waals surface area contributed by atoms with Crippen molar-refractivity contribution in [3.05, 3.63) is 95.4 Å². The number of nitrogens with zero attached hydrogens (tertiary/aromatic N) is 2. The molecule has 9 heteroatoms. The van der Waals surface area contributed by atoms with Crippen LogP contribution >= 0.6 is 0 Å². The molecule has 0 fully saturated rings. The fourth-order valence-corrected chi connectivity index (χ4v) is 3.36. The molecule has 3 aromatic carbocycles. The minimum Gasteiger partial charge on any atom is -0.501 e. The van der Waals surface area contributed by atoms with Crippen molar-refractivity contribution < 1.29 is 24.5 Å². The zero-order chi connectivity index (χ0) is 23.9. The second-order valence-electron chi connectivity index (χ2n) is 7.40. The highest BCUT2D eigenvalue weighted by Gasteiger charge is 2.20. The molecule has 0 unspecified atom stereocenters. The van der Waals surface area contributed by atoms with E-state index in [0.29, 0.717) is 0 Å². The number of alkyl carbamates (subject to hydrolysis) is 1. The predicted molar refractivity (Wildman–Crippen MR) is 124 cm³/mol. The highest BCUT2D eigenvalue weighted by molar-refractivity contribution is 5.95. The Kier molecular flexibility index (Phi) is 6.83. The predicted octanol–water partition coefficient (Wildman–Crippen LogP) is 3.40. The number of hydrogen-bond acceptors (Lipinski definition) is 7. The molecule has 172 valence electrons. The Morgan fingerprint density at radius 2 is 1.56 bits per heavy atom. The van der Waals surface area contributed by atoms with Gasteiger partial charge in [-0.3, -0.25) is 4.79 Å². The lowest BCUT2D eigenvalue weighted by Gasteiger charge is -2.11. The first kappa shape index (κ1) is 22.5. The quantitative estimate of drug-likeness (QED) is 0.333. The standard InChI is InChI=1S/C25H22N4O5/c30-22-21(23(31)26-13-18-11-6-10-17-9-4-5-12-19(17)18)28-20(29-24(22)32)14-27-25(33)34-15-16-7-2-1-3-8-16/h1-12,30H,13-15H2,(H,26,31)(H,27,33)(H,28,29,32). The van der Waals surface area contributed by atoms with Gasteiger partial charge in [-0.05, 0) is 21.9 Å². The van der Waals surface area contributed by atoms with Crippen LogP contribution in [0.3, 0.4) is 0 Å². The third-order valence-electron chi connectivity index (χ3n) is 5.05. The summed E-state index contributed by atoms with van der Waals surface area (Å²) in [6.45, 7) is 0.0467. The van der Waals surface area contributed by atoms with Crippen LogP contribution in [-0.4, -0.2) is 32.2 Å². The van der Waals surface area contributed by atoms with Crippen LogP contribution in [0.25, 0.3) is 10.8 Å². The SMILES string of the molecule is O=C(NCc1nc(O)c(O)c(C(=O)NCc2cccc3ccccc23)n1)OCc1ccccc1. The molecule has 0 radical (unpaired) electrons. The van der Waals surface area contributed by atoms with E-state index in [1.165, 1.54) is 0 Å². The summed E-state index contributed by atoms with van der Waals surface area (Å²) in [5, 5.41) is 27.2. The summed E-state index contributed by atoms with van der Waals surface area (Å²) in [4.78, 5) is 32.3. The van der Waals surface area contributed by atoms with E-state index in [9.17, 15) is 19.8 Å². The van der Waals surface area contributed by atoms with Crippen LogP contribution in [0.4, 0.5) is 4.79 Å². The van der Waals surface area contributed by atoms with Gasteiger partial charge in [-0.25, -0.2) is 9.78 Å². The lowest BCUT2D eigenvalue weighted by molar-refractivity contribution is 0.0941. The van der Waals surface area contributed by atoms with Crippen LogP contribution in [0.2, 0.25) is 0 Å². The van der Waals surface area contributed by atoms with Gasteiger partial charge in [-0.1, -0.05) is 72.8 Å². The number of carbonyl (C=O) groups is 2. The van der Waals surface area contributed by atoms with Gasteiger partial charge in [0.25, 0.3) is 11.8 Å². The Morgan fingerprint density at radius 3 is 2.38 bits per heavy atom. The highest BCUT2D eigenvalue weighted by atomic mass is 16.5. The van der Waals surface area contributed by atoms with E-state index in [4.69, 9.17) is 4.74 Å². The summed E-state index contributed by atoms with van der Waals surface area (Å²) in [7, 11) is 0. The third-order valence-corrected chi connectivity index (χ3v) is 5.05. The first-order chi connectivity index (χ1) is 16.5. The van der Waals surface area contributed by atoms with E-state index in [1.54, 1.807) is 0 Å². The normalized spacial score (nSPS) is 10.6. The van der Waals surface area contributed by atoms with Crippen molar-refractivity contribution in [2.24, 2.45) is 0 Å². The molecule has 4 aromatic rings. The summed E-state index contributed by atoms with van der Waals surface area (Å²) >= 11 is 0. The molecule has 34 heavy (non-hydrogen) atoms. The van der Waals surface area contributed by atoms with Gasteiger partial charge in [0.1, 0.15) is 6.61 Å². The maximum atomic E-state index is 12.7. The largest absolute Gasteiger partial charge is 0.501 e. The topological polar surface area (TPSA) is 134 Å². The van der Waals surface area contributed by atoms with E-state index in [-0.39, 0.29) is 25.5 Å². The Labute approximate surface area is 195 Å². The van der Waals surface area contributed by atoms with E-state index in [1.807, 2.05) is 72.8 Å². The van der Waals surface area contributed by atoms with Crippen molar-refractivity contribution in [2.45, 2.75) is 19.7 Å². The number of benzene rings is 3. The van der Waals surface area contributed by atoms with Crippen molar-refractivity contribution in [1.29, 1.82) is 0 Å². The summed E-state index contributed by atoms with van der Waals surface area (Å²) in [6.07, 6.45) is -0.720. The smallest absolute Gasteiger partial charge is 0.407 e. The van der Waals surface area contributed by atoms with E-state index >= 15 is 0 Å². The van der Waals surface area contributed by atoms with Gasteiger partial charge in [0.15, 0.2) is 11.5 Å². The Hall–Kier alpha value is -4.66. The Bertz CT molecular complexity index is 1320. The molecule has 0 aliphatic heterocycles. The van der Waals surface area contributed by atoms with Crippen LogP contribution in [0.1, 0.15) is 27.4 Å². The molecular formula is C25H22N4O5. The van der Waals surface area contributed by atoms with Crippen molar-refractivity contribution in [3.8, 4) is 11.6 Å². The zero-order valence-electron chi connectivity index (χ0n) is 18.1. The van der Waals surface area contributed by atoms with E-state index in [0.717, 1.165) is 21.9 Å². The second-order valence-corrected chi connectivity index (χ2v) is 7.40. The lowest BCUT2D eigenvalue weighted by Crippen LogP contribution is -2.27. The number of hydrogen-bond donors (Lipinski definition) is 4. The minimum atomic E-state index is -0.764. The highest BCUT2D eigenvalue weighted by Crippen LogP contribution is 2.25. The number of rotatable bonds is 7. The molecule has 1 aromatic heterocycles. The maximum absolute atomic E-state index is 12.7. The molecule has 0 saturated carbocycles. The van der Waals surface area contributed by atoms with Gasteiger partial charge in [0, 0.05) is 6.54 Å². The molecule has 0 spiro atoms. The van der Waals surface area contributed by atoms with Gasteiger partial charge in [-0.15, -0.1) is 0 Å². The van der Waals surface area contributed by atoms with Crippen LogP contribution in [-0.2, 0) is 24.4 Å². The van der Waals surface area contributed by atoms with Gasteiger partial charge < -0.3 is 25.6 Å². The number of fused-ring (bicyclic) bond motifs is 1. The average molecular weight is 458 g/mol. The van der Waals surface area contributed by atoms with Crippen LogP contribution in [0.5, 0.6) is 11.6 Å². The molecule has 0 bridgehead atoms. The fraction of sp³-hybridized carbons (Fsp3) is 0.120. The van der Waals surface area contributed by atoms with E-state index < -0.39 is 29.3 Å². The van der Waals surface area contributed by atoms with Gasteiger partial charge >= 0.3 is 6.09 Å². The molecule has 9 nitrogen and oxygen atoms in total. The zero-order valence-corrected chi connectivity index (χ0v) is 18.1. The molecule has 2 amide bonds. The third kappa shape index (κ3) is 5.39. The molecule has 0 atom stereocenters. The monoisotopic (exact) mass is 458 g/mol. The fourth-order valence-electron chi connectivity index (χ4n) is 3.36. The number of aromatic nitrogens is 2. The number of nitrogens with one attached hydrogen (secondary N) is 2. The van der Waals surface area contributed by atoms with Crippen LogP contribution in [0, 0.1) is 0 Å².